The molecule has 0 heterocycles. The first-order valence-electron chi connectivity index (χ1n) is 23.2. The van der Waals surface area contributed by atoms with Crippen molar-refractivity contribution >= 4 is 17.9 Å². The molecule has 6 heteroatoms. The van der Waals surface area contributed by atoms with Crippen LogP contribution in [0.15, 0.2) is 85.1 Å². The number of allylic oxidation sites excluding steroid dienone is 14. The molecule has 0 rings (SSSR count). The second kappa shape index (κ2) is 45.3. The van der Waals surface area contributed by atoms with Crippen LogP contribution < -0.4 is 0 Å². The zero-order valence-electron chi connectivity index (χ0n) is 36.8. The van der Waals surface area contributed by atoms with Crippen LogP contribution in [-0.4, -0.2) is 37.2 Å². The number of carbonyl (C=O) groups is 3. The Hall–Kier alpha value is -3.41. The fraction of sp³-hybridized carbons (Fsp3) is 0.667. The number of carbonyl (C=O) groups excluding carboxylic acids is 3. The summed E-state index contributed by atoms with van der Waals surface area (Å²) in [4.78, 5) is 37.7. The van der Waals surface area contributed by atoms with Crippen LogP contribution in [-0.2, 0) is 28.6 Å². The van der Waals surface area contributed by atoms with Gasteiger partial charge in [0, 0.05) is 19.3 Å². The molecule has 0 aromatic carbocycles. The number of unbranched alkanes of at least 4 members (excludes halogenated alkanes) is 19. The van der Waals surface area contributed by atoms with Gasteiger partial charge in [-0.15, -0.1) is 0 Å². The van der Waals surface area contributed by atoms with E-state index in [2.05, 4.69) is 51.2 Å². The Morgan fingerprint density at radius 2 is 0.789 bits per heavy atom. The normalized spacial score (nSPS) is 12.8. The van der Waals surface area contributed by atoms with Gasteiger partial charge in [-0.3, -0.25) is 14.4 Å². The van der Waals surface area contributed by atoms with Crippen LogP contribution in [0.3, 0.4) is 0 Å². The van der Waals surface area contributed by atoms with Crippen LogP contribution in [0.4, 0.5) is 0 Å². The van der Waals surface area contributed by atoms with Gasteiger partial charge in [-0.2, -0.15) is 0 Å². The van der Waals surface area contributed by atoms with Crippen LogP contribution in [0.1, 0.15) is 201 Å². The molecule has 6 nitrogen and oxygen atoms in total. The fourth-order valence-corrected chi connectivity index (χ4v) is 6.10. The van der Waals surface area contributed by atoms with E-state index in [1.165, 1.54) is 70.6 Å². The summed E-state index contributed by atoms with van der Waals surface area (Å²) in [6.45, 7) is 6.29. The molecule has 0 bridgehead atoms. The summed E-state index contributed by atoms with van der Waals surface area (Å²) in [6.07, 6.45) is 57.2. The Bertz CT molecular complexity index is 1140. The molecule has 324 valence electrons. The maximum absolute atomic E-state index is 12.7. The zero-order valence-corrected chi connectivity index (χ0v) is 36.8. The van der Waals surface area contributed by atoms with Crippen LogP contribution >= 0.6 is 0 Å². The maximum atomic E-state index is 12.7. The summed E-state index contributed by atoms with van der Waals surface area (Å²) in [5.41, 5.74) is 0. The van der Waals surface area contributed by atoms with Crippen molar-refractivity contribution in [1.82, 2.24) is 0 Å². The zero-order chi connectivity index (χ0) is 41.5. The lowest BCUT2D eigenvalue weighted by Gasteiger charge is -2.18. The van der Waals surface area contributed by atoms with E-state index in [1.54, 1.807) is 0 Å². The minimum Gasteiger partial charge on any atom is -0.462 e. The number of hydrogen-bond donors (Lipinski definition) is 0. The monoisotopic (exact) mass is 793 g/mol. The summed E-state index contributed by atoms with van der Waals surface area (Å²) < 4.78 is 16.6. The van der Waals surface area contributed by atoms with Crippen molar-refractivity contribution in [3.8, 4) is 0 Å². The molecular weight excluding hydrogens is 709 g/mol. The molecule has 0 radical (unpaired) electrons. The Morgan fingerprint density at radius 3 is 1.30 bits per heavy atom. The third-order valence-electron chi connectivity index (χ3n) is 9.52. The molecule has 57 heavy (non-hydrogen) atoms. The lowest BCUT2D eigenvalue weighted by Crippen LogP contribution is -2.30. The van der Waals surface area contributed by atoms with Gasteiger partial charge in [-0.25, -0.2) is 0 Å². The first kappa shape index (κ1) is 53.6. The summed E-state index contributed by atoms with van der Waals surface area (Å²) in [7, 11) is 0. The average molecular weight is 793 g/mol. The second-order valence-electron chi connectivity index (χ2n) is 15.0. The van der Waals surface area contributed by atoms with Gasteiger partial charge in [-0.1, -0.05) is 209 Å². The van der Waals surface area contributed by atoms with Crippen molar-refractivity contribution < 1.29 is 28.6 Å². The molecule has 0 saturated heterocycles. The first-order valence-corrected chi connectivity index (χ1v) is 23.2. The maximum Gasteiger partial charge on any atom is 0.306 e. The molecular formula is C51H84O6. The predicted octanol–water partition coefficient (Wildman–Crippen LogP) is 14.9. The Morgan fingerprint density at radius 1 is 0.386 bits per heavy atom. The molecule has 0 saturated carbocycles. The minimum atomic E-state index is -0.816. The topological polar surface area (TPSA) is 78.9 Å². The van der Waals surface area contributed by atoms with Crippen molar-refractivity contribution in [3.63, 3.8) is 0 Å². The molecule has 1 unspecified atom stereocenters. The lowest BCUT2D eigenvalue weighted by molar-refractivity contribution is -0.167. The second-order valence-corrected chi connectivity index (χ2v) is 15.0. The van der Waals surface area contributed by atoms with Crippen LogP contribution in [0, 0.1) is 0 Å². The SMILES string of the molecule is CC\C=C/C=C\C=C/C=C\C=C/CCCC(=O)OC(COC(=O)CCCCCCC/C=C\C/C=C\CC)COC(=O)CCCCCCCCCCCCCCCC. The van der Waals surface area contributed by atoms with E-state index >= 15 is 0 Å². The smallest absolute Gasteiger partial charge is 0.306 e. The fourth-order valence-electron chi connectivity index (χ4n) is 6.10. The predicted molar refractivity (Wildman–Crippen MR) is 242 cm³/mol. The van der Waals surface area contributed by atoms with Crippen molar-refractivity contribution in [3.05, 3.63) is 85.1 Å². The summed E-state index contributed by atoms with van der Waals surface area (Å²) in [5.74, 6) is -1.00. The third kappa shape index (κ3) is 43.6. The molecule has 0 aromatic rings. The van der Waals surface area contributed by atoms with Crippen LogP contribution in [0.25, 0.3) is 0 Å². The summed E-state index contributed by atoms with van der Waals surface area (Å²) in [6, 6.07) is 0. The van der Waals surface area contributed by atoms with E-state index in [0.29, 0.717) is 19.3 Å². The Balaban J connectivity index is 4.51. The molecule has 0 spiro atoms. The number of rotatable bonds is 40. The number of hydrogen-bond acceptors (Lipinski definition) is 6. The first-order chi connectivity index (χ1) is 28.0. The minimum absolute atomic E-state index is 0.109. The molecule has 0 fully saturated rings. The van der Waals surface area contributed by atoms with Crippen molar-refractivity contribution in [2.75, 3.05) is 13.2 Å². The van der Waals surface area contributed by atoms with Gasteiger partial charge in [0.2, 0.25) is 0 Å². The lowest BCUT2D eigenvalue weighted by atomic mass is 10.0. The molecule has 0 amide bonds. The third-order valence-corrected chi connectivity index (χ3v) is 9.52. The van der Waals surface area contributed by atoms with E-state index in [1.807, 2.05) is 54.7 Å². The highest BCUT2D eigenvalue weighted by Crippen LogP contribution is 2.14. The molecule has 0 aliphatic rings. The van der Waals surface area contributed by atoms with Gasteiger partial charge in [0.15, 0.2) is 6.10 Å². The highest BCUT2D eigenvalue weighted by Gasteiger charge is 2.19. The molecule has 0 N–H and O–H groups in total. The van der Waals surface area contributed by atoms with E-state index in [9.17, 15) is 14.4 Å². The molecule has 1 atom stereocenters. The number of ether oxygens (including phenoxy) is 3. The molecule has 0 aliphatic carbocycles. The quantitative estimate of drug-likeness (QED) is 0.0202. The van der Waals surface area contributed by atoms with Crippen LogP contribution in [0.2, 0.25) is 0 Å². The van der Waals surface area contributed by atoms with Crippen molar-refractivity contribution in [2.24, 2.45) is 0 Å². The Labute approximate surface area is 350 Å². The van der Waals surface area contributed by atoms with Crippen molar-refractivity contribution in [1.29, 1.82) is 0 Å². The van der Waals surface area contributed by atoms with E-state index in [-0.39, 0.29) is 37.5 Å². The van der Waals surface area contributed by atoms with Crippen LogP contribution in [0.5, 0.6) is 0 Å². The van der Waals surface area contributed by atoms with E-state index in [4.69, 9.17) is 14.2 Å². The van der Waals surface area contributed by atoms with Crippen molar-refractivity contribution in [2.45, 2.75) is 207 Å². The summed E-state index contributed by atoms with van der Waals surface area (Å²) >= 11 is 0. The molecule has 0 aromatic heterocycles. The molecule has 0 aliphatic heterocycles. The standard InChI is InChI=1S/C51H84O6/c1-4-7-10-13-16-19-22-25-27-29-32-35-38-41-44-50(53)56-47-48(46-55-49(52)43-40-37-34-31-28-24-21-18-15-12-9-6-3)57-51(54)45-42-39-36-33-30-26-23-20-17-14-11-8-5-2/h8-9,11-12,14,17-18,20-21,23,26,30,33,36,48H,4-7,10,13,15-16,19,22,24-25,27-29,31-32,34-35,37-47H2,1-3H3/b11-8-,12-9-,17-14-,21-18-,23-20-,30-26-,36-33-. The van der Waals surface area contributed by atoms with E-state index < -0.39 is 6.10 Å². The van der Waals surface area contributed by atoms with Gasteiger partial charge < -0.3 is 14.2 Å². The Kier molecular flexibility index (Phi) is 42.6. The van der Waals surface area contributed by atoms with Gasteiger partial charge in [-0.05, 0) is 57.8 Å². The highest BCUT2D eigenvalue weighted by atomic mass is 16.6. The van der Waals surface area contributed by atoms with Gasteiger partial charge in [0.05, 0.1) is 0 Å². The van der Waals surface area contributed by atoms with Gasteiger partial charge >= 0.3 is 17.9 Å². The largest absolute Gasteiger partial charge is 0.462 e. The highest BCUT2D eigenvalue weighted by molar-refractivity contribution is 5.71. The average Bonchev–Trinajstić information content (AvgIpc) is 3.21. The van der Waals surface area contributed by atoms with Gasteiger partial charge in [0.25, 0.3) is 0 Å². The summed E-state index contributed by atoms with van der Waals surface area (Å²) in [5, 5.41) is 0. The number of esters is 3. The van der Waals surface area contributed by atoms with E-state index in [0.717, 1.165) is 83.5 Å². The van der Waals surface area contributed by atoms with Gasteiger partial charge in [0.1, 0.15) is 13.2 Å².